The molecule has 2 rings (SSSR count). The lowest BCUT2D eigenvalue weighted by molar-refractivity contribution is -0.139. The van der Waals surface area contributed by atoms with Crippen LogP contribution in [0.25, 0.3) is 0 Å². The minimum Gasteiger partial charge on any atom is -0.488 e. The van der Waals surface area contributed by atoms with E-state index in [2.05, 4.69) is 11.6 Å². The molecule has 4 heteroatoms. The summed E-state index contributed by atoms with van der Waals surface area (Å²) in [5, 5.41) is 0. The van der Waals surface area contributed by atoms with Crippen molar-refractivity contribution >= 4 is 11.6 Å². The summed E-state index contributed by atoms with van der Waals surface area (Å²) < 4.78 is 5.58. The first-order valence-corrected chi connectivity index (χ1v) is 6.83. The molecule has 4 nitrogen and oxygen atoms in total. The van der Waals surface area contributed by atoms with Crippen LogP contribution in [0.5, 0.6) is 5.75 Å². The van der Waals surface area contributed by atoms with E-state index in [1.807, 2.05) is 0 Å². The number of hydrogen-bond acceptors (Lipinski definition) is 4. The van der Waals surface area contributed by atoms with Gasteiger partial charge in [0.1, 0.15) is 23.6 Å². The molecule has 0 bridgehead atoms. The second-order valence-corrected chi connectivity index (χ2v) is 5.17. The molecule has 0 spiro atoms. The van der Waals surface area contributed by atoms with Gasteiger partial charge >= 0.3 is 0 Å². The maximum atomic E-state index is 12.3. The highest BCUT2D eigenvalue weighted by Crippen LogP contribution is 2.40. The molecule has 1 fully saturated rings. The monoisotopic (exact) mass is 273 g/mol. The molecule has 1 aliphatic rings. The predicted octanol–water partition coefficient (Wildman–Crippen LogP) is 2.74. The minimum absolute atomic E-state index is 0.0176. The molecule has 0 aromatic carbocycles. The summed E-state index contributed by atoms with van der Waals surface area (Å²) >= 11 is 0. The fourth-order valence-electron chi connectivity index (χ4n) is 2.75. The average Bonchev–Trinajstić information content (AvgIpc) is 2.46. The van der Waals surface area contributed by atoms with Crippen LogP contribution in [0.1, 0.15) is 32.6 Å². The smallest absolute Gasteiger partial charge is 0.150 e. The van der Waals surface area contributed by atoms with Crippen LogP contribution in [-0.2, 0) is 9.59 Å². The Morgan fingerprint density at radius 3 is 2.90 bits per heavy atom. The van der Waals surface area contributed by atoms with Crippen molar-refractivity contribution in [3.05, 3.63) is 36.7 Å². The van der Waals surface area contributed by atoms with E-state index in [-0.39, 0.29) is 18.2 Å². The van der Waals surface area contributed by atoms with E-state index < -0.39 is 5.41 Å². The number of nitrogens with zero attached hydrogens (tertiary/aromatic N) is 1. The number of hydrogen-bond donors (Lipinski definition) is 0. The Kier molecular flexibility index (Phi) is 4.32. The van der Waals surface area contributed by atoms with Crippen LogP contribution in [0.4, 0.5) is 0 Å². The molecule has 1 unspecified atom stereocenters. The molecule has 0 N–H and O–H groups in total. The van der Waals surface area contributed by atoms with Crippen molar-refractivity contribution in [3.8, 4) is 5.75 Å². The fourth-order valence-corrected chi connectivity index (χ4v) is 2.75. The van der Waals surface area contributed by atoms with E-state index in [1.54, 1.807) is 24.5 Å². The van der Waals surface area contributed by atoms with Crippen molar-refractivity contribution in [2.45, 2.75) is 32.6 Å². The quantitative estimate of drug-likeness (QED) is 0.611. The van der Waals surface area contributed by atoms with Crippen LogP contribution in [0.2, 0.25) is 0 Å². The van der Waals surface area contributed by atoms with Crippen LogP contribution in [0.3, 0.4) is 0 Å². The number of ether oxygens (including phenoxy) is 1. The van der Waals surface area contributed by atoms with Gasteiger partial charge in [-0.1, -0.05) is 13.0 Å². The maximum Gasteiger partial charge on any atom is 0.150 e. The topological polar surface area (TPSA) is 56.3 Å². The largest absolute Gasteiger partial charge is 0.488 e. The fraction of sp³-hybridized carbons (Fsp3) is 0.438. The van der Waals surface area contributed by atoms with E-state index in [4.69, 9.17) is 4.74 Å². The third kappa shape index (κ3) is 2.64. The second kappa shape index (κ2) is 5.99. The van der Waals surface area contributed by atoms with Crippen LogP contribution in [0.15, 0.2) is 36.7 Å². The lowest BCUT2D eigenvalue weighted by Gasteiger charge is -2.35. The second-order valence-electron chi connectivity index (χ2n) is 5.17. The van der Waals surface area contributed by atoms with Gasteiger partial charge in [-0.05, 0) is 37.5 Å². The van der Waals surface area contributed by atoms with Crippen molar-refractivity contribution < 1.29 is 14.3 Å². The van der Waals surface area contributed by atoms with Crippen LogP contribution in [-0.4, -0.2) is 23.2 Å². The highest BCUT2D eigenvalue weighted by Gasteiger charge is 2.46. The van der Waals surface area contributed by atoms with Gasteiger partial charge in [0.2, 0.25) is 0 Å². The highest BCUT2D eigenvalue weighted by molar-refractivity contribution is 6.09. The van der Waals surface area contributed by atoms with Gasteiger partial charge in [-0.2, -0.15) is 0 Å². The summed E-state index contributed by atoms with van der Waals surface area (Å²) in [7, 11) is 0. The highest BCUT2D eigenvalue weighted by atomic mass is 16.5. The van der Waals surface area contributed by atoms with Crippen LogP contribution >= 0.6 is 0 Å². The Hall–Kier alpha value is -1.97. The van der Waals surface area contributed by atoms with E-state index >= 15 is 0 Å². The molecular weight excluding hydrogens is 254 g/mol. The Labute approximate surface area is 118 Å². The summed E-state index contributed by atoms with van der Waals surface area (Å²) in [6, 6.07) is 3.55. The van der Waals surface area contributed by atoms with Gasteiger partial charge in [-0.3, -0.25) is 14.6 Å². The number of ketones is 2. The number of rotatable bonds is 5. The Morgan fingerprint density at radius 2 is 2.30 bits per heavy atom. The van der Waals surface area contributed by atoms with Crippen LogP contribution in [0, 0.1) is 5.41 Å². The van der Waals surface area contributed by atoms with Gasteiger partial charge < -0.3 is 4.74 Å². The molecule has 1 atom stereocenters. The molecule has 1 saturated carbocycles. The molecule has 1 heterocycles. The molecule has 20 heavy (non-hydrogen) atoms. The zero-order chi connectivity index (χ0) is 14.6. The summed E-state index contributed by atoms with van der Waals surface area (Å²) in [5.74, 6) is 0.466. The zero-order valence-corrected chi connectivity index (χ0v) is 11.7. The number of Topliss-reactive ketones (excluding diaryl/α,β-unsaturated/α-hetero) is 2. The van der Waals surface area contributed by atoms with Gasteiger partial charge in [-0.15, -0.1) is 0 Å². The van der Waals surface area contributed by atoms with Crippen molar-refractivity contribution in [1.29, 1.82) is 0 Å². The first-order valence-electron chi connectivity index (χ1n) is 6.83. The van der Waals surface area contributed by atoms with Gasteiger partial charge in [0.25, 0.3) is 0 Å². The van der Waals surface area contributed by atoms with E-state index in [0.29, 0.717) is 24.2 Å². The number of carbonyl (C=O) groups is 2. The number of pyridine rings is 1. The predicted molar refractivity (Wildman–Crippen MR) is 75.5 cm³/mol. The van der Waals surface area contributed by atoms with Gasteiger partial charge in [0, 0.05) is 12.6 Å². The normalized spacial score (nSPS) is 22.4. The maximum absolute atomic E-state index is 12.3. The van der Waals surface area contributed by atoms with Gasteiger partial charge in [0.15, 0.2) is 5.78 Å². The molecule has 1 aromatic rings. The first-order chi connectivity index (χ1) is 9.57. The van der Waals surface area contributed by atoms with Crippen molar-refractivity contribution in [2.24, 2.45) is 5.41 Å². The third-order valence-electron chi connectivity index (χ3n) is 3.93. The summed E-state index contributed by atoms with van der Waals surface area (Å²) in [5.41, 5.74) is -0.487. The van der Waals surface area contributed by atoms with Crippen LogP contribution < -0.4 is 4.74 Å². The van der Waals surface area contributed by atoms with Gasteiger partial charge in [-0.25, -0.2) is 0 Å². The summed E-state index contributed by atoms with van der Waals surface area (Å²) in [4.78, 5) is 28.2. The number of aromatic nitrogens is 1. The van der Waals surface area contributed by atoms with Crippen molar-refractivity contribution in [2.75, 3.05) is 6.61 Å². The summed E-state index contributed by atoms with van der Waals surface area (Å²) in [6.45, 7) is 5.58. The Balaban J connectivity index is 2.12. The van der Waals surface area contributed by atoms with E-state index in [9.17, 15) is 9.59 Å². The lowest BCUT2D eigenvalue weighted by atomic mass is 9.66. The molecule has 0 amide bonds. The Bertz CT molecular complexity index is 524. The van der Waals surface area contributed by atoms with Gasteiger partial charge in [0.05, 0.1) is 6.20 Å². The number of carbonyl (C=O) groups excluding carboxylic acids is 2. The molecule has 0 saturated heterocycles. The Morgan fingerprint density at radius 1 is 1.50 bits per heavy atom. The summed E-state index contributed by atoms with van der Waals surface area (Å²) in [6.07, 6.45) is 5.98. The molecule has 1 aromatic heterocycles. The molecule has 106 valence electrons. The first kappa shape index (κ1) is 14.4. The molecule has 0 radical (unpaired) electrons. The van der Waals surface area contributed by atoms with Crippen molar-refractivity contribution in [3.63, 3.8) is 0 Å². The lowest BCUT2D eigenvalue weighted by Crippen LogP contribution is -2.43. The molecular formula is C16H19NO3. The average molecular weight is 273 g/mol. The SMILES string of the molecule is C=C(COc1cccnc1)C1(C(C)=O)CCCCC1=O. The minimum atomic E-state index is -1.04. The van der Waals surface area contributed by atoms with E-state index in [0.717, 1.165) is 12.8 Å². The van der Waals surface area contributed by atoms with E-state index in [1.165, 1.54) is 6.92 Å². The van der Waals surface area contributed by atoms with Crippen molar-refractivity contribution in [1.82, 2.24) is 4.98 Å². The molecule has 1 aliphatic carbocycles. The zero-order valence-electron chi connectivity index (χ0n) is 11.7. The molecule has 0 aliphatic heterocycles. The standard InChI is InChI=1S/C16H19NO3/c1-12(11-20-14-6-5-9-17-10-14)16(13(2)18)8-4-3-7-15(16)19/h5-6,9-10H,1,3-4,7-8,11H2,2H3. The third-order valence-corrected chi connectivity index (χ3v) is 3.93.